The Kier molecular flexibility index (Phi) is 10.7. The number of para-hydroxylation sites is 1. The number of benzene rings is 1. The van der Waals surface area contributed by atoms with Gasteiger partial charge in [0.1, 0.15) is 11.8 Å². The van der Waals surface area contributed by atoms with Crippen molar-refractivity contribution < 1.29 is 43.2 Å². The second kappa shape index (κ2) is 13.1. The van der Waals surface area contributed by atoms with Crippen LogP contribution in [0.4, 0.5) is 10.5 Å². The second-order valence-electron chi connectivity index (χ2n) is 9.93. The van der Waals surface area contributed by atoms with Gasteiger partial charge >= 0.3 is 18.0 Å². The molecule has 0 aromatic heterocycles. The number of carbonyl (C=O) groups excluding carboxylic acids is 3. The molecule has 4 unspecified atom stereocenters. The van der Waals surface area contributed by atoms with Crippen LogP contribution in [-0.2, 0) is 28.4 Å². The number of carboxylic acid groups (broad SMARTS) is 1. The van der Waals surface area contributed by atoms with Crippen molar-refractivity contribution in [2.45, 2.75) is 65.6 Å². The van der Waals surface area contributed by atoms with E-state index in [0.29, 0.717) is 13.1 Å². The molecule has 1 heterocycles. The number of aliphatic carboxylic acids is 1. The van der Waals surface area contributed by atoms with Crippen molar-refractivity contribution in [2.24, 2.45) is 11.3 Å². The first kappa shape index (κ1) is 31.1. The average molecular weight is 556 g/mol. The average Bonchev–Trinajstić information content (AvgIpc) is 2.84. The third-order valence-electron chi connectivity index (χ3n) is 6.53. The van der Waals surface area contributed by atoms with Crippen LogP contribution >= 0.6 is 7.37 Å². The molecule has 13 heteroatoms. The smallest absolute Gasteiger partial charge is 0.410 e. The van der Waals surface area contributed by atoms with Crippen molar-refractivity contribution in [3.63, 3.8) is 0 Å². The molecule has 0 spiro atoms. The van der Waals surface area contributed by atoms with Crippen LogP contribution in [0.3, 0.4) is 0 Å². The highest BCUT2D eigenvalue weighted by Crippen LogP contribution is 2.53. The number of carbonyl (C=O) groups is 4. The molecule has 12 nitrogen and oxygen atoms in total. The van der Waals surface area contributed by atoms with Crippen LogP contribution in [0, 0.1) is 11.3 Å². The Morgan fingerprint density at radius 2 is 1.58 bits per heavy atom. The van der Waals surface area contributed by atoms with Gasteiger partial charge in [-0.25, -0.2) is 4.79 Å². The molecule has 1 saturated heterocycles. The molecule has 1 fully saturated rings. The maximum absolute atomic E-state index is 13.4. The van der Waals surface area contributed by atoms with Gasteiger partial charge in [0.15, 0.2) is 0 Å². The van der Waals surface area contributed by atoms with Crippen LogP contribution in [0.25, 0.3) is 0 Å². The number of hydrogen-bond acceptors (Lipinski definition) is 8. The van der Waals surface area contributed by atoms with Gasteiger partial charge < -0.3 is 35.0 Å². The minimum Gasteiger partial charge on any atom is -0.480 e. The number of piperidine rings is 1. The number of esters is 1. The Hall–Kier alpha value is -3.11. The first-order valence-electron chi connectivity index (χ1n) is 12.5. The zero-order chi connectivity index (χ0) is 28.7. The van der Waals surface area contributed by atoms with E-state index in [4.69, 9.17) is 9.47 Å². The summed E-state index contributed by atoms with van der Waals surface area (Å²) in [6, 6.07) is 8.32. The van der Waals surface area contributed by atoms with E-state index >= 15 is 0 Å². The van der Waals surface area contributed by atoms with Crippen molar-refractivity contribution in [3.05, 3.63) is 30.3 Å². The molecule has 0 aliphatic carbocycles. The topological polar surface area (TPSA) is 172 Å². The molecule has 1 aliphatic rings. The maximum atomic E-state index is 13.4. The van der Waals surface area contributed by atoms with Crippen LogP contribution in [-0.4, -0.2) is 71.3 Å². The normalized spacial score (nSPS) is 18.9. The summed E-state index contributed by atoms with van der Waals surface area (Å²) in [6.45, 7) is 8.02. The SMILES string of the molecule is CC(OC(=O)NC(C)P(=O)(O)CC1(C(=O)NC(C)C(=O)O)CCN(c2ccccc2)CC1)OC(=O)C(C)C. The van der Waals surface area contributed by atoms with Gasteiger partial charge in [0, 0.05) is 31.9 Å². The van der Waals surface area contributed by atoms with Crippen LogP contribution in [0.1, 0.15) is 47.5 Å². The quantitative estimate of drug-likeness (QED) is 0.181. The van der Waals surface area contributed by atoms with E-state index in [0.717, 1.165) is 5.69 Å². The summed E-state index contributed by atoms with van der Waals surface area (Å²) in [7, 11) is -4.22. The van der Waals surface area contributed by atoms with E-state index in [-0.39, 0.29) is 12.8 Å². The van der Waals surface area contributed by atoms with E-state index in [1.807, 2.05) is 35.2 Å². The highest BCUT2D eigenvalue weighted by atomic mass is 31.2. The lowest BCUT2D eigenvalue weighted by atomic mass is 9.78. The lowest BCUT2D eigenvalue weighted by Crippen LogP contribution is -2.54. The molecule has 0 bridgehead atoms. The highest BCUT2D eigenvalue weighted by molar-refractivity contribution is 7.58. The maximum Gasteiger partial charge on any atom is 0.410 e. The molecular formula is C25H38N3O9P. The molecule has 1 aromatic carbocycles. The van der Waals surface area contributed by atoms with E-state index < -0.39 is 66.9 Å². The number of nitrogens with one attached hydrogen (secondary N) is 2. The summed E-state index contributed by atoms with van der Waals surface area (Å²) in [5.74, 6) is -4.15. The van der Waals surface area contributed by atoms with Gasteiger partial charge in [-0.1, -0.05) is 32.0 Å². The lowest BCUT2D eigenvalue weighted by Gasteiger charge is -2.43. The van der Waals surface area contributed by atoms with Crippen molar-refractivity contribution in [1.82, 2.24) is 10.6 Å². The molecule has 1 aromatic rings. The Morgan fingerprint density at radius 3 is 2.11 bits per heavy atom. The number of nitrogens with zero attached hydrogens (tertiary/aromatic N) is 1. The first-order valence-corrected chi connectivity index (χ1v) is 14.4. The lowest BCUT2D eigenvalue weighted by molar-refractivity contribution is -0.168. The first-order chi connectivity index (χ1) is 17.7. The van der Waals surface area contributed by atoms with Gasteiger partial charge in [0.05, 0.1) is 11.3 Å². The fourth-order valence-corrected chi connectivity index (χ4v) is 5.96. The third-order valence-corrected chi connectivity index (χ3v) is 8.93. The van der Waals surface area contributed by atoms with Crippen molar-refractivity contribution in [3.8, 4) is 0 Å². The summed E-state index contributed by atoms with van der Waals surface area (Å²) in [4.78, 5) is 61.6. The third kappa shape index (κ3) is 8.46. The summed E-state index contributed by atoms with van der Waals surface area (Å²) in [5.41, 5.74) is -0.392. The highest BCUT2D eigenvalue weighted by Gasteiger charge is 2.48. The molecule has 212 valence electrons. The van der Waals surface area contributed by atoms with Crippen LogP contribution in [0.2, 0.25) is 0 Å². The van der Waals surface area contributed by atoms with Gasteiger partial charge in [0.2, 0.25) is 19.6 Å². The van der Waals surface area contributed by atoms with Crippen LogP contribution in [0.15, 0.2) is 30.3 Å². The van der Waals surface area contributed by atoms with Gasteiger partial charge in [-0.3, -0.25) is 18.9 Å². The van der Waals surface area contributed by atoms with Crippen molar-refractivity contribution in [2.75, 3.05) is 24.2 Å². The molecule has 1 aliphatic heterocycles. The van der Waals surface area contributed by atoms with Crippen molar-refractivity contribution >= 4 is 37.0 Å². The summed E-state index contributed by atoms with van der Waals surface area (Å²) in [5, 5.41) is 14.0. The summed E-state index contributed by atoms with van der Waals surface area (Å²) in [6.07, 6.45) is -2.35. The Bertz CT molecular complexity index is 1040. The fraction of sp³-hybridized carbons (Fsp3) is 0.600. The van der Waals surface area contributed by atoms with Gasteiger partial charge in [0.25, 0.3) is 0 Å². The standard InChI is InChI=1S/C25H38N3O9P/c1-16(2)22(31)36-19(5)37-24(33)27-18(4)38(34,35)15-25(23(32)26-17(3)21(29)30)11-13-28(14-12-25)20-9-7-6-8-10-20/h6-10,16-19H,11-15H2,1-5H3,(H,26,32)(H,27,33)(H,29,30)(H,34,35). The van der Waals surface area contributed by atoms with Crippen LogP contribution in [0.5, 0.6) is 0 Å². The largest absolute Gasteiger partial charge is 0.480 e. The number of ether oxygens (including phenoxy) is 2. The number of hydrogen-bond donors (Lipinski definition) is 4. The van der Waals surface area contributed by atoms with Gasteiger partial charge in [-0.2, -0.15) is 0 Å². The molecular weight excluding hydrogens is 517 g/mol. The molecule has 2 rings (SSSR count). The molecule has 38 heavy (non-hydrogen) atoms. The van der Waals surface area contributed by atoms with Crippen molar-refractivity contribution in [1.29, 1.82) is 0 Å². The van der Waals surface area contributed by atoms with Crippen LogP contribution < -0.4 is 15.5 Å². The monoisotopic (exact) mass is 555 g/mol. The number of rotatable bonds is 11. The fourth-order valence-electron chi connectivity index (χ4n) is 4.05. The number of amides is 2. The second-order valence-corrected chi connectivity index (χ2v) is 12.5. The van der Waals surface area contributed by atoms with E-state index in [1.54, 1.807) is 13.8 Å². The zero-order valence-corrected chi connectivity index (χ0v) is 23.3. The number of alkyl carbamates (subject to hydrolysis) is 1. The zero-order valence-electron chi connectivity index (χ0n) is 22.4. The Morgan fingerprint density at radius 1 is 1.00 bits per heavy atom. The predicted octanol–water partition coefficient (Wildman–Crippen LogP) is 2.75. The summed E-state index contributed by atoms with van der Waals surface area (Å²) >= 11 is 0. The molecule has 0 radical (unpaired) electrons. The Labute approximate surface area is 222 Å². The molecule has 4 atom stereocenters. The molecule has 0 saturated carbocycles. The minimum absolute atomic E-state index is 0.198. The Balaban J connectivity index is 2.14. The van der Waals surface area contributed by atoms with E-state index in [9.17, 15) is 33.7 Å². The molecule has 4 N–H and O–H groups in total. The van der Waals surface area contributed by atoms with Gasteiger partial charge in [-0.15, -0.1) is 0 Å². The summed E-state index contributed by atoms with van der Waals surface area (Å²) < 4.78 is 23.4. The van der Waals surface area contributed by atoms with Gasteiger partial charge in [-0.05, 0) is 38.8 Å². The predicted molar refractivity (Wildman–Crippen MR) is 140 cm³/mol. The minimum atomic E-state index is -4.22. The van der Waals surface area contributed by atoms with E-state index in [1.165, 1.54) is 20.8 Å². The molecule has 2 amide bonds. The van der Waals surface area contributed by atoms with E-state index in [2.05, 4.69) is 10.6 Å². The number of carboxylic acids is 1. The number of anilines is 1.